The smallest absolute Gasteiger partial charge is 0.223 e. The van der Waals surface area contributed by atoms with E-state index in [9.17, 15) is 0 Å². The van der Waals surface area contributed by atoms with Crippen LogP contribution in [0.25, 0.3) is 0 Å². The van der Waals surface area contributed by atoms with Crippen molar-refractivity contribution < 1.29 is 14.0 Å². The van der Waals surface area contributed by atoms with Gasteiger partial charge in [0.2, 0.25) is 5.89 Å². The minimum atomic E-state index is 0. The van der Waals surface area contributed by atoms with Crippen molar-refractivity contribution in [2.45, 2.75) is 33.9 Å². The molecular weight excluding hydrogens is 461 g/mol. The Morgan fingerprint density at radius 1 is 1.22 bits per heavy atom. The normalized spacial score (nSPS) is 11.0. The van der Waals surface area contributed by atoms with Gasteiger partial charge in [-0.3, -0.25) is 0 Å². The van der Waals surface area contributed by atoms with Gasteiger partial charge in [0.1, 0.15) is 12.4 Å². The van der Waals surface area contributed by atoms with Crippen molar-refractivity contribution in [1.82, 2.24) is 20.8 Å². The van der Waals surface area contributed by atoms with Gasteiger partial charge in [-0.2, -0.15) is 4.98 Å². The number of aromatic nitrogens is 2. The summed E-state index contributed by atoms with van der Waals surface area (Å²) in [5.74, 6) is 2.64. The molecule has 0 saturated heterocycles. The molecule has 0 radical (unpaired) electrons. The summed E-state index contributed by atoms with van der Waals surface area (Å²) in [4.78, 5) is 8.79. The molecule has 0 amide bonds. The Morgan fingerprint density at radius 2 is 2.04 bits per heavy atom. The van der Waals surface area contributed by atoms with Gasteiger partial charge < -0.3 is 24.6 Å². The number of benzene rings is 1. The SMILES string of the molecule is CCNC(=NCc1ccc(C)cc1OCCOC)NCc1noc(C)n1.I. The molecule has 1 aromatic heterocycles. The molecule has 0 aliphatic heterocycles. The van der Waals surface area contributed by atoms with Crippen LogP contribution in [0.4, 0.5) is 0 Å². The number of aliphatic imine (C=N–C) groups is 1. The molecule has 0 atom stereocenters. The monoisotopic (exact) mass is 489 g/mol. The molecule has 0 aliphatic rings. The van der Waals surface area contributed by atoms with Crippen molar-refractivity contribution in [1.29, 1.82) is 0 Å². The summed E-state index contributed by atoms with van der Waals surface area (Å²) < 4.78 is 15.8. The molecule has 27 heavy (non-hydrogen) atoms. The summed E-state index contributed by atoms with van der Waals surface area (Å²) in [6, 6.07) is 6.10. The first-order chi connectivity index (χ1) is 12.6. The van der Waals surface area contributed by atoms with Gasteiger partial charge in [-0.15, -0.1) is 24.0 Å². The lowest BCUT2D eigenvalue weighted by atomic mass is 10.1. The van der Waals surface area contributed by atoms with E-state index in [1.165, 1.54) is 0 Å². The van der Waals surface area contributed by atoms with Crippen molar-refractivity contribution in [3.8, 4) is 5.75 Å². The molecule has 0 unspecified atom stereocenters. The van der Waals surface area contributed by atoms with E-state index < -0.39 is 0 Å². The number of methoxy groups -OCH3 is 1. The van der Waals surface area contributed by atoms with Crippen LogP contribution in [0.15, 0.2) is 27.7 Å². The molecule has 1 heterocycles. The first-order valence-corrected chi connectivity index (χ1v) is 8.65. The summed E-state index contributed by atoms with van der Waals surface area (Å²) in [6.45, 7) is 8.55. The number of rotatable bonds is 9. The molecule has 2 aromatic rings. The number of hydrogen-bond acceptors (Lipinski definition) is 6. The molecule has 0 bridgehead atoms. The molecular formula is C18H28IN5O3. The molecule has 9 heteroatoms. The van der Waals surface area contributed by atoms with Crippen LogP contribution in [0.2, 0.25) is 0 Å². The van der Waals surface area contributed by atoms with Gasteiger partial charge in [0.25, 0.3) is 0 Å². The van der Waals surface area contributed by atoms with Crippen molar-refractivity contribution in [3.05, 3.63) is 41.0 Å². The minimum Gasteiger partial charge on any atom is -0.491 e. The highest BCUT2D eigenvalue weighted by molar-refractivity contribution is 14.0. The van der Waals surface area contributed by atoms with Crippen molar-refractivity contribution in [2.24, 2.45) is 4.99 Å². The van der Waals surface area contributed by atoms with E-state index >= 15 is 0 Å². The lowest BCUT2D eigenvalue weighted by molar-refractivity contribution is 0.145. The van der Waals surface area contributed by atoms with E-state index in [2.05, 4.69) is 31.8 Å². The Bertz CT molecular complexity index is 721. The fraction of sp³-hybridized carbons (Fsp3) is 0.500. The molecule has 2 N–H and O–H groups in total. The van der Waals surface area contributed by atoms with Gasteiger partial charge >= 0.3 is 0 Å². The molecule has 150 valence electrons. The number of nitrogens with one attached hydrogen (secondary N) is 2. The van der Waals surface area contributed by atoms with Gasteiger partial charge in [0, 0.05) is 26.1 Å². The standard InChI is InChI=1S/C18H27N5O3.HI/c1-5-19-18(21-12-17-22-14(3)26-23-17)20-11-15-7-6-13(2)10-16(15)25-9-8-24-4;/h6-7,10H,5,8-9,11-12H2,1-4H3,(H2,19,20,21);1H. The van der Waals surface area contributed by atoms with E-state index in [4.69, 9.17) is 14.0 Å². The van der Waals surface area contributed by atoms with E-state index in [1.807, 2.05) is 26.0 Å². The fourth-order valence-electron chi connectivity index (χ4n) is 2.24. The van der Waals surface area contributed by atoms with E-state index in [0.717, 1.165) is 23.4 Å². The number of ether oxygens (including phenoxy) is 2. The molecule has 0 fully saturated rings. The third-order valence-electron chi connectivity index (χ3n) is 3.50. The predicted octanol–water partition coefficient (Wildman–Crippen LogP) is 2.58. The number of hydrogen-bond donors (Lipinski definition) is 2. The Morgan fingerprint density at radius 3 is 2.70 bits per heavy atom. The van der Waals surface area contributed by atoms with E-state index in [1.54, 1.807) is 14.0 Å². The van der Waals surface area contributed by atoms with Crippen LogP contribution in [-0.2, 0) is 17.8 Å². The second-order valence-corrected chi connectivity index (χ2v) is 5.73. The number of halogens is 1. The molecule has 0 saturated carbocycles. The predicted molar refractivity (Wildman–Crippen MR) is 115 cm³/mol. The van der Waals surface area contributed by atoms with Crippen molar-refractivity contribution in [2.75, 3.05) is 26.9 Å². The van der Waals surface area contributed by atoms with Crippen LogP contribution >= 0.6 is 24.0 Å². The maximum Gasteiger partial charge on any atom is 0.223 e. The average Bonchev–Trinajstić information content (AvgIpc) is 3.04. The third-order valence-corrected chi connectivity index (χ3v) is 3.50. The number of aryl methyl sites for hydroxylation is 2. The fourth-order valence-corrected chi connectivity index (χ4v) is 2.24. The van der Waals surface area contributed by atoms with Crippen molar-refractivity contribution in [3.63, 3.8) is 0 Å². The maximum atomic E-state index is 5.82. The topological polar surface area (TPSA) is 93.8 Å². The maximum absolute atomic E-state index is 5.82. The Balaban J connectivity index is 0.00000364. The quantitative estimate of drug-likeness (QED) is 0.242. The molecule has 0 aliphatic carbocycles. The Hall–Kier alpha value is -1.88. The summed E-state index contributed by atoms with van der Waals surface area (Å²) in [5, 5.41) is 10.3. The lowest BCUT2D eigenvalue weighted by Crippen LogP contribution is -2.37. The average molecular weight is 489 g/mol. The van der Waals surface area contributed by atoms with Crippen LogP contribution in [0, 0.1) is 13.8 Å². The van der Waals surface area contributed by atoms with E-state index in [0.29, 0.717) is 44.0 Å². The second kappa shape index (κ2) is 12.5. The van der Waals surface area contributed by atoms with Crippen LogP contribution in [0.5, 0.6) is 5.75 Å². The summed E-state index contributed by atoms with van der Waals surface area (Å²) in [5.41, 5.74) is 2.15. The van der Waals surface area contributed by atoms with Crippen LogP contribution in [0.1, 0.15) is 29.8 Å². The molecule has 0 spiro atoms. The summed E-state index contributed by atoms with van der Waals surface area (Å²) >= 11 is 0. The molecule has 2 rings (SSSR count). The highest BCUT2D eigenvalue weighted by Gasteiger charge is 2.07. The number of nitrogens with zero attached hydrogens (tertiary/aromatic N) is 3. The van der Waals surface area contributed by atoms with Gasteiger partial charge in [-0.1, -0.05) is 17.3 Å². The van der Waals surface area contributed by atoms with Crippen LogP contribution < -0.4 is 15.4 Å². The lowest BCUT2D eigenvalue weighted by Gasteiger charge is -2.13. The highest BCUT2D eigenvalue weighted by Crippen LogP contribution is 2.21. The first kappa shape index (κ1) is 23.2. The van der Waals surface area contributed by atoms with Gasteiger partial charge in [-0.05, 0) is 25.5 Å². The zero-order chi connectivity index (χ0) is 18.8. The molecule has 1 aromatic carbocycles. The number of guanidine groups is 1. The van der Waals surface area contributed by atoms with Gasteiger partial charge in [-0.25, -0.2) is 4.99 Å². The Kier molecular flexibility index (Phi) is 10.7. The van der Waals surface area contributed by atoms with Gasteiger partial charge in [0.05, 0.1) is 19.7 Å². The van der Waals surface area contributed by atoms with Crippen molar-refractivity contribution >= 4 is 29.9 Å². The second-order valence-electron chi connectivity index (χ2n) is 5.73. The van der Waals surface area contributed by atoms with E-state index in [-0.39, 0.29) is 24.0 Å². The molecule has 8 nitrogen and oxygen atoms in total. The highest BCUT2D eigenvalue weighted by atomic mass is 127. The van der Waals surface area contributed by atoms with Gasteiger partial charge in [0.15, 0.2) is 11.8 Å². The zero-order valence-corrected chi connectivity index (χ0v) is 18.6. The van der Waals surface area contributed by atoms with Crippen LogP contribution in [-0.4, -0.2) is 43.0 Å². The first-order valence-electron chi connectivity index (χ1n) is 8.65. The minimum absolute atomic E-state index is 0. The largest absolute Gasteiger partial charge is 0.491 e. The zero-order valence-electron chi connectivity index (χ0n) is 16.2. The summed E-state index contributed by atoms with van der Waals surface area (Å²) in [7, 11) is 1.66. The summed E-state index contributed by atoms with van der Waals surface area (Å²) in [6.07, 6.45) is 0. The van der Waals surface area contributed by atoms with Crippen LogP contribution in [0.3, 0.4) is 0 Å². The third kappa shape index (κ3) is 8.12. The Labute approximate surface area is 177 Å².